The number of hydrogen-bond donors (Lipinski definition) is 0. The van der Waals surface area contributed by atoms with Gasteiger partial charge < -0.3 is 17.0 Å². The normalized spacial score (nSPS) is 7.73. The third-order valence-electron chi connectivity index (χ3n) is 1.19. The minimum atomic E-state index is 0. The molecule has 0 atom stereocenters. The molecular formula is C8H9BrMgS. The van der Waals surface area contributed by atoms with Crippen molar-refractivity contribution in [2.24, 2.45) is 0 Å². The molecule has 0 N–H and O–H groups in total. The average molecular weight is 241 g/mol. The molecule has 0 amide bonds. The summed E-state index contributed by atoms with van der Waals surface area (Å²) >= 11 is 1.73. The van der Waals surface area contributed by atoms with Crippen LogP contribution in [-0.4, -0.2) is 29.3 Å². The van der Waals surface area contributed by atoms with Crippen molar-refractivity contribution in [3.63, 3.8) is 0 Å². The first-order valence-electron chi connectivity index (χ1n) is 2.79. The molecule has 0 aromatic heterocycles. The van der Waals surface area contributed by atoms with Gasteiger partial charge in [-0.1, -0.05) is 11.0 Å². The van der Waals surface area contributed by atoms with Crippen LogP contribution in [0.3, 0.4) is 0 Å². The zero-order valence-corrected chi connectivity index (χ0v) is 10.3. The predicted octanol–water partition coefficient (Wildman–Crippen LogP) is -0.786. The third-order valence-corrected chi connectivity index (χ3v) is 2.03. The molecule has 0 heterocycles. The molecule has 0 fully saturated rings. The first kappa shape index (κ1) is 14.2. The summed E-state index contributed by atoms with van der Waals surface area (Å²) in [6, 6.07) is 8.13. The Hall–Kier alpha value is 0.686. The molecule has 56 valence electrons. The maximum Gasteiger partial charge on any atom is 2.00 e. The van der Waals surface area contributed by atoms with E-state index in [0.29, 0.717) is 0 Å². The first-order valence-corrected chi connectivity index (χ1v) is 4.02. The van der Waals surface area contributed by atoms with Crippen LogP contribution in [0.2, 0.25) is 0 Å². The van der Waals surface area contributed by atoms with E-state index in [4.69, 9.17) is 0 Å². The van der Waals surface area contributed by atoms with Crippen molar-refractivity contribution in [2.45, 2.75) is 4.90 Å². The molecule has 0 spiro atoms. The predicted molar refractivity (Wildman–Crippen MR) is 48.4 cm³/mol. The summed E-state index contributed by atoms with van der Waals surface area (Å²) in [6.07, 6.45) is 2.06. The van der Waals surface area contributed by atoms with E-state index in [1.165, 1.54) is 4.90 Å². The van der Waals surface area contributed by atoms with Gasteiger partial charge in [-0.25, -0.2) is 0 Å². The third kappa shape index (κ3) is 4.30. The van der Waals surface area contributed by atoms with Crippen LogP contribution in [0.15, 0.2) is 29.2 Å². The van der Waals surface area contributed by atoms with Gasteiger partial charge in [0.1, 0.15) is 0 Å². The minimum Gasteiger partial charge on any atom is -1.00 e. The molecule has 3 heteroatoms. The number of benzene rings is 1. The Bertz CT molecular complexity index is 203. The molecule has 0 radical (unpaired) electrons. The summed E-state index contributed by atoms with van der Waals surface area (Å²) < 4.78 is 0. The van der Waals surface area contributed by atoms with Gasteiger partial charge in [-0.2, -0.15) is 30.3 Å². The monoisotopic (exact) mass is 240 g/mol. The van der Waals surface area contributed by atoms with E-state index in [9.17, 15) is 0 Å². The van der Waals surface area contributed by atoms with Gasteiger partial charge in [0.15, 0.2) is 0 Å². The number of hydrogen-bond acceptors (Lipinski definition) is 1. The van der Waals surface area contributed by atoms with Gasteiger partial charge in [-0.15, -0.1) is 12.1 Å². The number of halogens is 1. The smallest absolute Gasteiger partial charge is 1.00 e. The summed E-state index contributed by atoms with van der Waals surface area (Å²) in [5.41, 5.74) is 1.12. The standard InChI is InChI=1S/C8H9S.BrH.Mg/c1-7-5-3-4-6-8(7)9-2;;/h3-6H,1H2,2H3;1H;/q-1;;+2/p-1. The minimum absolute atomic E-state index is 0. The van der Waals surface area contributed by atoms with Crippen LogP contribution < -0.4 is 17.0 Å². The SMILES string of the molecule is [Br-].[CH2-]c1ccccc1SC.[Mg+2]. The summed E-state index contributed by atoms with van der Waals surface area (Å²) in [6.45, 7) is 3.87. The molecule has 0 aliphatic heterocycles. The van der Waals surface area contributed by atoms with Gasteiger partial charge >= 0.3 is 23.1 Å². The van der Waals surface area contributed by atoms with Gasteiger partial charge in [0.05, 0.1) is 0 Å². The molecule has 0 aliphatic rings. The van der Waals surface area contributed by atoms with Crippen molar-refractivity contribution in [3.05, 3.63) is 36.8 Å². The molecule has 0 bridgehead atoms. The number of rotatable bonds is 1. The van der Waals surface area contributed by atoms with E-state index in [0.717, 1.165) is 5.56 Å². The average Bonchev–Trinajstić information content (AvgIpc) is 1.89. The van der Waals surface area contributed by atoms with Gasteiger partial charge in [-0.3, -0.25) is 0 Å². The molecule has 0 unspecified atom stereocenters. The Morgan fingerprint density at radius 3 is 2.18 bits per heavy atom. The van der Waals surface area contributed by atoms with E-state index in [1.54, 1.807) is 11.8 Å². The van der Waals surface area contributed by atoms with Gasteiger partial charge in [0.2, 0.25) is 0 Å². The molecule has 1 rings (SSSR count). The number of thioether (sulfide) groups is 1. The van der Waals surface area contributed by atoms with Crippen molar-refractivity contribution in [2.75, 3.05) is 6.26 Å². The fraction of sp³-hybridized carbons (Fsp3) is 0.125. The van der Waals surface area contributed by atoms with Crippen LogP contribution in [0.1, 0.15) is 5.56 Å². The fourth-order valence-corrected chi connectivity index (χ4v) is 1.25. The van der Waals surface area contributed by atoms with Crippen LogP contribution in [0.25, 0.3) is 0 Å². The van der Waals surface area contributed by atoms with Gasteiger partial charge in [-0.05, 0) is 6.26 Å². The van der Waals surface area contributed by atoms with Crippen molar-refractivity contribution in [1.82, 2.24) is 0 Å². The summed E-state index contributed by atoms with van der Waals surface area (Å²) in [5, 5.41) is 0. The quantitative estimate of drug-likeness (QED) is 0.353. The topological polar surface area (TPSA) is 0 Å². The molecule has 11 heavy (non-hydrogen) atoms. The van der Waals surface area contributed by atoms with Gasteiger partial charge in [0, 0.05) is 0 Å². The van der Waals surface area contributed by atoms with Crippen LogP contribution in [0.4, 0.5) is 0 Å². The van der Waals surface area contributed by atoms with Crippen molar-refractivity contribution >= 4 is 34.8 Å². The molecule has 0 saturated carbocycles. The zero-order valence-electron chi connectivity index (χ0n) is 6.51. The second kappa shape index (κ2) is 7.34. The Kier molecular flexibility index (Phi) is 9.49. The van der Waals surface area contributed by atoms with Gasteiger partial charge in [0.25, 0.3) is 0 Å². The first-order chi connectivity index (χ1) is 4.34. The zero-order chi connectivity index (χ0) is 6.69. The Labute approximate surface area is 99.1 Å². The van der Waals surface area contributed by atoms with E-state index < -0.39 is 0 Å². The largest absolute Gasteiger partial charge is 2.00 e. The van der Waals surface area contributed by atoms with Crippen LogP contribution in [0.5, 0.6) is 0 Å². The Morgan fingerprint density at radius 1 is 1.27 bits per heavy atom. The fourth-order valence-electron chi connectivity index (χ4n) is 0.703. The second-order valence-electron chi connectivity index (χ2n) is 1.81. The van der Waals surface area contributed by atoms with E-state index >= 15 is 0 Å². The molecule has 1 aromatic rings. The van der Waals surface area contributed by atoms with Crippen molar-refractivity contribution in [1.29, 1.82) is 0 Å². The molecule has 0 saturated heterocycles. The van der Waals surface area contributed by atoms with E-state index in [-0.39, 0.29) is 40.0 Å². The molecule has 1 aromatic carbocycles. The molecule has 0 nitrogen and oxygen atoms in total. The van der Waals surface area contributed by atoms with Crippen LogP contribution in [0, 0.1) is 6.92 Å². The van der Waals surface area contributed by atoms with Crippen molar-refractivity contribution in [3.8, 4) is 0 Å². The van der Waals surface area contributed by atoms with E-state index in [2.05, 4.69) is 19.2 Å². The second-order valence-corrected chi connectivity index (χ2v) is 2.66. The molecular weight excluding hydrogens is 232 g/mol. The summed E-state index contributed by atoms with van der Waals surface area (Å²) in [4.78, 5) is 1.26. The Balaban J connectivity index is 0. The van der Waals surface area contributed by atoms with Crippen molar-refractivity contribution < 1.29 is 17.0 Å². The summed E-state index contributed by atoms with van der Waals surface area (Å²) in [5.74, 6) is 0. The van der Waals surface area contributed by atoms with Crippen LogP contribution in [-0.2, 0) is 0 Å². The Morgan fingerprint density at radius 2 is 1.82 bits per heavy atom. The van der Waals surface area contributed by atoms with E-state index in [1.807, 2.05) is 18.2 Å². The maximum absolute atomic E-state index is 3.87. The molecule has 0 aliphatic carbocycles. The van der Waals surface area contributed by atoms with Crippen LogP contribution >= 0.6 is 11.8 Å². The maximum atomic E-state index is 3.87. The summed E-state index contributed by atoms with van der Waals surface area (Å²) in [7, 11) is 0.